The highest BCUT2D eigenvalue weighted by Crippen LogP contribution is 2.24. The number of halogens is 1. The van der Waals surface area contributed by atoms with E-state index in [1.54, 1.807) is 32.9 Å². The first-order valence-corrected chi connectivity index (χ1v) is 10.6. The predicted molar refractivity (Wildman–Crippen MR) is 104 cm³/mol. The summed E-state index contributed by atoms with van der Waals surface area (Å²) in [7, 11) is -3.67. The van der Waals surface area contributed by atoms with Crippen LogP contribution in [0.25, 0.3) is 0 Å². The lowest BCUT2D eigenvalue weighted by molar-refractivity contribution is -0.121. The van der Waals surface area contributed by atoms with Gasteiger partial charge in [0, 0.05) is 32.4 Å². The Hall–Kier alpha value is -2.01. The number of aromatic nitrogens is 2. The van der Waals surface area contributed by atoms with E-state index < -0.39 is 16.1 Å². The minimum atomic E-state index is -3.67. The first-order chi connectivity index (χ1) is 13.2. The van der Waals surface area contributed by atoms with Gasteiger partial charge in [-0.3, -0.25) is 9.69 Å². The van der Waals surface area contributed by atoms with Crippen molar-refractivity contribution in [3.63, 3.8) is 0 Å². The average molecular weight is 428 g/mol. The number of sulfonamides is 1. The van der Waals surface area contributed by atoms with Crippen molar-refractivity contribution in [2.45, 2.75) is 31.7 Å². The molecule has 0 unspecified atom stereocenters. The van der Waals surface area contributed by atoms with Crippen LogP contribution >= 0.6 is 11.6 Å². The number of hydrogen-bond donors (Lipinski definition) is 1. The van der Waals surface area contributed by atoms with Crippen LogP contribution in [0.4, 0.5) is 5.82 Å². The van der Waals surface area contributed by atoms with Crippen molar-refractivity contribution in [2.75, 3.05) is 31.5 Å². The molecule has 1 aliphatic heterocycles. The second kappa shape index (κ2) is 8.16. The predicted octanol–water partition coefficient (Wildman–Crippen LogP) is 1.67. The Morgan fingerprint density at radius 3 is 2.46 bits per heavy atom. The van der Waals surface area contributed by atoms with Gasteiger partial charge < -0.3 is 9.84 Å². The number of aryl methyl sites for hydroxylation is 2. The maximum Gasteiger partial charge on any atom is 0.248 e. The van der Waals surface area contributed by atoms with E-state index in [1.165, 1.54) is 10.5 Å². The number of hydrogen-bond acceptors (Lipinski definition) is 7. The summed E-state index contributed by atoms with van der Waals surface area (Å²) in [4.78, 5) is 18.6. The first-order valence-electron chi connectivity index (χ1n) is 8.79. The number of amides is 1. The molecule has 3 rings (SSSR count). The van der Waals surface area contributed by atoms with Crippen LogP contribution in [0.15, 0.2) is 27.7 Å². The topological polar surface area (TPSA) is 109 Å². The lowest BCUT2D eigenvalue weighted by Crippen LogP contribution is -2.54. The minimum Gasteiger partial charge on any atom is -0.360 e. The Bertz CT molecular complexity index is 933. The van der Waals surface area contributed by atoms with Crippen molar-refractivity contribution in [3.8, 4) is 0 Å². The molecule has 11 heteroatoms. The van der Waals surface area contributed by atoms with Gasteiger partial charge in [-0.1, -0.05) is 16.8 Å². The fourth-order valence-electron chi connectivity index (χ4n) is 3.15. The summed E-state index contributed by atoms with van der Waals surface area (Å²) in [5.74, 6) is 0.487. The summed E-state index contributed by atoms with van der Waals surface area (Å²) in [5, 5.41) is 6.96. The molecule has 0 saturated carbocycles. The molecule has 152 valence electrons. The van der Waals surface area contributed by atoms with Crippen molar-refractivity contribution in [1.82, 2.24) is 19.3 Å². The zero-order valence-corrected chi connectivity index (χ0v) is 17.4. The number of anilines is 1. The van der Waals surface area contributed by atoms with Crippen LogP contribution in [-0.2, 0) is 14.8 Å². The summed E-state index contributed by atoms with van der Waals surface area (Å²) in [5.41, 5.74) is 0.350. The van der Waals surface area contributed by atoms with E-state index in [1.807, 2.05) is 4.90 Å². The Kier molecular flexibility index (Phi) is 6.04. The van der Waals surface area contributed by atoms with E-state index in [9.17, 15) is 13.2 Å². The molecule has 3 heterocycles. The average Bonchev–Trinajstić information content (AvgIpc) is 3.02. The molecule has 1 atom stereocenters. The number of pyridine rings is 1. The van der Waals surface area contributed by atoms with E-state index >= 15 is 0 Å². The van der Waals surface area contributed by atoms with Crippen molar-refractivity contribution in [2.24, 2.45) is 0 Å². The molecule has 2 aromatic heterocycles. The third kappa shape index (κ3) is 4.19. The van der Waals surface area contributed by atoms with Crippen LogP contribution in [0.1, 0.15) is 18.4 Å². The quantitative estimate of drug-likeness (QED) is 0.772. The molecule has 9 nitrogen and oxygen atoms in total. The van der Waals surface area contributed by atoms with Gasteiger partial charge in [0.25, 0.3) is 0 Å². The lowest BCUT2D eigenvalue weighted by atomic mass is 10.2. The van der Waals surface area contributed by atoms with Gasteiger partial charge in [-0.2, -0.15) is 4.31 Å². The molecule has 0 aliphatic carbocycles. The highest BCUT2D eigenvalue weighted by molar-refractivity contribution is 7.89. The van der Waals surface area contributed by atoms with Crippen molar-refractivity contribution < 1.29 is 17.7 Å². The van der Waals surface area contributed by atoms with Gasteiger partial charge in [-0.15, -0.1) is 0 Å². The molecular formula is C17H22ClN5O4S. The van der Waals surface area contributed by atoms with Crippen molar-refractivity contribution in [3.05, 3.63) is 34.8 Å². The smallest absolute Gasteiger partial charge is 0.248 e. The fourth-order valence-corrected chi connectivity index (χ4v) is 4.97. The Morgan fingerprint density at radius 2 is 1.93 bits per heavy atom. The molecule has 0 bridgehead atoms. The van der Waals surface area contributed by atoms with E-state index in [0.29, 0.717) is 29.6 Å². The molecule has 1 fully saturated rings. The summed E-state index contributed by atoms with van der Waals surface area (Å²) in [6, 6.07) is 2.84. The van der Waals surface area contributed by atoms with E-state index in [2.05, 4.69) is 15.5 Å². The van der Waals surface area contributed by atoms with Crippen LogP contribution < -0.4 is 5.32 Å². The largest absolute Gasteiger partial charge is 0.360 e. The number of carbonyl (C=O) groups is 1. The zero-order valence-electron chi connectivity index (χ0n) is 15.8. The molecule has 1 saturated heterocycles. The monoisotopic (exact) mass is 427 g/mol. The maximum absolute atomic E-state index is 12.9. The highest BCUT2D eigenvalue weighted by Gasteiger charge is 2.35. The van der Waals surface area contributed by atoms with Gasteiger partial charge in [0.05, 0.1) is 11.1 Å². The molecule has 0 aromatic carbocycles. The minimum absolute atomic E-state index is 0.126. The number of nitrogens with zero attached hydrogens (tertiary/aromatic N) is 4. The van der Waals surface area contributed by atoms with Crippen LogP contribution in [0.2, 0.25) is 5.02 Å². The standard InChI is InChI=1S/C17H22ClN5O4S/c1-11-16(13(3)27-21-11)28(25,26)23-8-6-22(7-9-23)12(2)17(24)20-15-5-4-14(18)10-19-15/h4-5,10,12H,6-9H2,1-3H3,(H,19,20,24)/t12-/m0/s1. The number of carbonyl (C=O) groups excluding carboxylic acids is 1. The van der Waals surface area contributed by atoms with Gasteiger partial charge in [-0.25, -0.2) is 13.4 Å². The molecule has 2 aromatic rings. The van der Waals surface area contributed by atoms with E-state index in [-0.39, 0.29) is 29.7 Å². The Labute approximate surface area is 168 Å². The van der Waals surface area contributed by atoms with Crippen LogP contribution in [0, 0.1) is 13.8 Å². The molecule has 1 amide bonds. The third-order valence-corrected chi connectivity index (χ3v) is 7.11. The Balaban J connectivity index is 1.61. The maximum atomic E-state index is 12.9. The lowest BCUT2D eigenvalue weighted by Gasteiger charge is -2.36. The Morgan fingerprint density at radius 1 is 1.25 bits per heavy atom. The van der Waals surface area contributed by atoms with Gasteiger partial charge in [-0.05, 0) is 32.9 Å². The van der Waals surface area contributed by atoms with Crippen molar-refractivity contribution >= 4 is 33.3 Å². The van der Waals surface area contributed by atoms with Gasteiger partial charge >= 0.3 is 0 Å². The van der Waals surface area contributed by atoms with E-state index in [4.69, 9.17) is 16.1 Å². The summed E-state index contributed by atoms with van der Waals surface area (Å²) in [6.45, 7) is 6.41. The first kappa shape index (κ1) is 20.7. The fraction of sp³-hybridized carbons (Fsp3) is 0.471. The third-order valence-electron chi connectivity index (χ3n) is 4.74. The molecule has 1 aliphatic rings. The molecular weight excluding hydrogens is 406 g/mol. The van der Waals surface area contributed by atoms with Gasteiger partial charge in [0.1, 0.15) is 16.4 Å². The van der Waals surface area contributed by atoms with Crippen LogP contribution in [-0.4, -0.2) is 65.9 Å². The molecule has 1 N–H and O–H groups in total. The second-order valence-corrected chi connectivity index (χ2v) is 8.93. The van der Waals surface area contributed by atoms with Crippen LogP contribution in [0.5, 0.6) is 0 Å². The summed E-state index contributed by atoms with van der Waals surface area (Å²) >= 11 is 5.79. The zero-order chi connectivity index (χ0) is 20.5. The van der Waals surface area contributed by atoms with Gasteiger partial charge in [0.2, 0.25) is 15.9 Å². The molecule has 28 heavy (non-hydrogen) atoms. The second-order valence-electron chi connectivity index (χ2n) is 6.62. The van der Waals surface area contributed by atoms with Crippen molar-refractivity contribution in [1.29, 1.82) is 0 Å². The summed E-state index contributed by atoms with van der Waals surface area (Å²) in [6.07, 6.45) is 1.46. The number of nitrogens with one attached hydrogen (secondary N) is 1. The van der Waals surface area contributed by atoms with Crippen LogP contribution in [0.3, 0.4) is 0 Å². The highest BCUT2D eigenvalue weighted by atomic mass is 35.5. The van der Waals surface area contributed by atoms with E-state index in [0.717, 1.165) is 0 Å². The SMILES string of the molecule is Cc1noc(C)c1S(=O)(=O)N1CCN([C@@H](C)C(=O)Nc2ccc(Cl)cn2)CC1. The molecule has 0 spiro atoms. The normalized spacial score (nSPS) is 17.4. The van der Waals surface area contributed by atoms with Gasteiger partial charge in [0.15, 0.2) is 5.76 Å². The summed E-state index contributed by atoms with van der Waals surface area (Å²) < 4.78 is 32.2. The molecule has 0 radical (unpaired) electrons. The number of piperazine rings is 1. The number of rotatable bonds is 5.